The molecule has 2 aromatic rings. The molecule has 0 aromatic carbocycles. The highest BCUT2D eigenvalue weighted by Crippen LogP contribution is 2.04. The van der Waals surface area contributed by atoms with Crippen molar-refractivity contribution >= 4 is 5.69 Å². The number of nitrogens with two attached hydrogens (primary N) is 1. The molecule has 0 saturated carbocycles. The maximum Gasteiger partial charge on any atom is 0.253 e. The molecule has 2 aromatic heterocycles. The van der Waals surface area contributed by atoms with Crippen molar-refractivity contribution in [2.24, 2.45) is 0 Å². The molecule has 4 heteroatoms. The van der Waals surface area contributed by atoms with Crippen LogP contribution in [-0.2, 0) is 6.54 Å². The summed E-state index contributed by atoms with van der Waals surface area (Å²) in [6.45, 7) is 2.25. The van der Waals surface area contributed by atoms with Crippen molar-refractivity contribution in [1.82, 2.24) is 9.55 Å². The minimum atomic E-state index is 0.00623. The third-order valence-electron chi connectivity index (χ3n) is 2.38. The van der Waals surface area contributed by atoms with Gasteiger partial charge in [-0.2, -0.15) is 0 Å². The number of hydrogen-bond donors (Lipinski definition) is 1. The van der Waals surface area contributed by atoms with E-state index < -0.39 is 0 Å². The van der Waals surface area contributed by atoms with Crippen molar-refractivity contribution in [1.29, 1.82) is 0 Å². The molecule has 0 aliphatic rings. The van der Waals surface area contributed by atoms with Crippen LogP contribution in [0.1, 0.15) is 11.3 Å². The number of anilines is 1. The lowest BCUT2D eigenvalue weighted by molar-refractivity contribution is 0.734. The molecule has 0 aliphatic heterocycles. The highest BCUT2D eigenvalue weighted by molar-refractivity contribution is 5.37. The van der Waals surface area contributed by atoms with Crippen molar-refractivity contribution in [2.45, 2.75) is 13.5 Å². The average molecular weight is 215 g/mol. The molecule has 0 spiro atoms. The quantitative estimate of drug-likeness (QED) is 0.818. The Kier molecular flexibility index (Phi) is 2.72. The second-order valence-electron chi connectivity index (χ2n) is 3.70. The monoisotopic (exact) mass is 215 g/mol. The van der Waals surface area contributed by atoms with Gasteiger partial charge in [0, 0.05) is 23.6 Å². The first-order valence-electron chi connectivity index (χ1n) is 5.03. The van der Waals surface area contributed by atoms with Crippen molar-refractivity contribution in [3.63, 3.8) is 0 Å². The van der Waals surface area contributed by atoms with E-state index in [1.165, 1.54) is 0 Å². The Bertz CT molecular complexity index is 560. The third-order valence-corrected chi connectivity index (χ3v) is 2.38. The van der Waals surface area contributed by atoms with E-state index in [2.05, 4.69) is 4.98 Å². The van der Waals surface area contributed by atoms with Crippen LogP contribution in [0.15, 0.2) is 41.5 Å². The first-order valence-corrected chi connectivity index (χ1v) is 5.03. The van der Waals surface area contributed by atoms with E-state index in [0.29, 0.717) is 12.2 Å². The Morgan fingerprint density at radius 1 is 1.44 bits per heavy atom. The molecule has 0 fully saturated rings. The van der Waals surface area contributed by atoms with Crippen LogP contribution in [0.2, 0.25) is 0 Å². The van der Waals surface area contributed by atoms with Crippen molar-refractivity contribution in [3.05, 3.63) is 58.3 Å². The largest absolute Gasteiger partial charge is 0.399 e. The highest BCUT2D eigenvalue weighted by atomic mass is 16.1. The number of pyridine rings is 2. The summed E-state index contributed by atoms with van der Waals surface area (Å²) in [5, 5.41) is 0. The predicted molar refractivity (Wildman–Crippen MR) is 63.2 cm³/mol. The van der Waals surface area contributed by atoms with Crippen LogP contribution in [0, 0.1) is 6.92 Å². The summed E-state index contributed by atoms with van der Waals surface area (Å²) < 4.78 is 1.62. The molecular formula is C12H13N3O. The first-order chi connectivity index (χ1) is 7.66. The normalized spacial score (nSPS) is 10.3. The van der Waals surface area contributed by atoms with Crippen LogP contribution in [0.25, 0.3) is 0 Å². The topological polar surface area (TPSA) is 60.9 Å². The molecule has 16 heavy (non-hydrogen) atoms. The van der Waals surface area contributed by atoms with Gasteiger partial charge in [-0.1, -0.05) is 6.07 Å². The van der Waals surface area contributed by atoms with Gasteiger partial charge in [0.2, 0.25) is 0 Å². The van der Waals surface area contributed by atoms with E-state index in [-0.39, 0.29) is 5.56 Å². The van der Waals surface area contributed by atoms with Gasteiger partial charge in [-0.3, -0.25) is 9.78 Å². The maximum atomic E-state index is 11.8. The van der Waals surface area contributed by atoms with Crippen LogP contribution in [-0.4, -0.2) is 9.55 Å². The second-order valence-corrected chi connectivity index (χ2v) is 3.70. The summed E-state index contributed by atoms with van der Waals surface area (Å²) in [5.74, 6) is 0. The van der Waals surface area contributed by atoms with Gasteiger partial charge in [-0.25, -0.2) is 0 Å². The molecule has 2 rings (SSSR count). The van der Waals surface area contributed by atoms with Crippen LogP contribution in [0.3, 0.4) is 0 Å². The van der Waals surface area contributed by atoms with Gasteiger partial charge in [0.1, 0.15) is 0 Å². The molecule has 0 unspecified atom stereocenters. The fourth-order valence-electron chi connectivity index (χ4n) is 1.54. The molecule has 4 nitrogen and oxygen atoms in total. The summed E-state index contributed by atoms with van der Waals surface area (Å²) in [6.07, 6.45) is 3.39. The molecular weight excluding hydrogens is 202 g/mol. The van der Waals surface area contributed by atoms with Crippen LogP contribution >= 0.6 is 0 Å². The Balaban J connectivity index is 2.34. The minimum absolute atomic E-state index is 0.00623. The fourth-order valence-corrected chi connectivity index (χ4v) is 1.54. The zero-order valence-electron chi connectivity index (χ0n) is 9.05. The van der Waals surface area contributed by atoms with Gasteiger partial charge in [-0.05, 0) is 25.1 Å². The van der Waals surface area contributed by atoms with Crippen molar-refractivity contribution in [2.75, 3.05) is 5.73 Å². The number of hydrogen-bond acceptors (Lipinski definition) is 3. The number of nitrogens with zero attached hydrogens (tertiary/aromatic N) is 2. The zero-order valence-corrected chi connectivity index (χ0v) is 9.05. The van der Waals surface area contributed by atoms with Gasteiger partial charge in [0.15, 0.2) is 0 Å². The molecule has 0 radical (unpaired) electrons. The van der Waals surface area contributed by atoms with Crippen LogP contribution < -0.4 is 11.3 Å². The molecule has 0 amide bonds. The first kappa shape index (κ1) is 10.4. The van der Waals surface area contributed by atoms with Crippen LogP contribution in [0.4, 0.5) is 5.69 Å². The minimum Gasteiger partial charge on any atom is -0.399 e. The summed E-state index contributed by atoms with van der Waals surface area (Å²) in [4.78, 5) is 15.9. The smallest absolute Gasteiger partial charge is 0.253 e. The molecule has 0 bridgehead atoms. The average Bonchev–Trinajstić information content (AvgIpc) is 2.25. The third kappa shape index (κ3) is 2.11. The SMILES string of the molecule is Cc1cccn(Cc2cc(N)ccn2)c1=O. The van der Waals surface area contributed by atoms with Gasteiger partial charge < -0.3 is 10.3 Å². The predicted octanol–water partition coefficient (Wildman–Crippen LogP) is 1.18. The molecule has 2 heterocycles. The van der Waals surface area contributed by atoms with E-state index >= 15 is 0 Å². The van der Waals surface area contributed by atoms with Crippen LogP contribution in [0.5, 0.6) is 0 Å². The van der Waals surface area contributed by atoms with E-state index in [0.717, 1.165) is 11.3 Å². The lowest BCUT2D eigenvalue weighted by Gasteiger charge is -2.06. The van der Waals surface area contributed by atoms with E-state index in [1.54, 1.807) is 42.1 Å². The van der Waals surface area contributed by atoms with Gasteiger partial charge in [-0.15, -0.1) is 0 Å². The molecule has 82 valence electrons. The van der Waals surface area contributed by atoms with Gasteiger partial charge in [0.05, 0.1) is 12.2 Å². The fraction of sp³-hybridized carbons (Fsp3) is 0.167. The molecule has 2 N–H and O–H groups in total. The number of nitrogen functional groups attached to an aromatic ring is 1. The summed E-state index contributed by atoms with van der Waals surface area (Å²) >= 11 is 0. The Hall–Kier alpha value is -2.10. The number of aryl methyl sites for hydroxylation is 1. The molecule has 0 saturated heterocycles. The van der Waals surface area contributed by atoms with Crippen molar-refractivity contribution < 1.29 is 0 Å². The Morgan fingerprint density at radius 3 is 3.00 bits per heavy atom. The summed E-state index contributed by atoms with van der Waals surface area (Å²) in [6, 6.07) is 7.14. The van der Waals surface area contributed by atoms with Gasteiger partial charge >= 0.3 is 0 Å². The van der Waals surface area contributed by atoms with E-state index in [1.807, 2.05) is 6.07 Å². The highest BCUT2D eigenvalue weighted by Gasteiger charge is 2.01. The molecule has 0 aliphatic carbocycles. The zero-order chi connectivity index (χ0) is 11.5. The second kappa shape index (κ2) is 4.18. The maximum absolute atomic E-state index is 11.8. The molecule has 0 atom stereocenters. The van der Waals surface area contributed by atoms with E-state index in [9.17, 15) is 4.79 Å². The summed E-state index contributed by atoms with van der Waals surface area (Å²) in [5.41, 5.74) is 7.83. The lowest BCUT2D eigenvalue weighted by Crippen LogP contribution is -2.22. The lowest BCUT2D eigenvalue weighted by atomic mass is 10.3. The van der Waals surface area contributed by atoms with E-state index in [4.69, 9.17) is 5.73 Å². The summed E-state index contributed by atoms with van der Waals surface area (Å²) in [7, 11) is 0. The van der Waals surface area contributed by atoms with Crippen molar-refractivity contribution in [3.8, 4) is 0 Å². The number of rotatable bonds is 2. The standard InChI is InChI=1S/C12H13N3O/c1-9-3-2-6-15(12(9)16)8-11-7-10(13)4-5-14-11/h2-7H,8H2,1H3,(H2,13,14). The number of aromatic nitrogens is 2. The van der Waals surface area contributed by atoms with Gasteiger partial charge in [0.25, 0.3) is 5.56 Å². The Morgan fingerprint density at radius 2 is 2.25 bits per heavy atom. The Labute approximate surface area is 93.4 Å².